The van der Waals surface area contributed by atoms with Crippen LogP contribution < -0.4 is 5.32 Å². The van der Waals surface area contributed by atoms with Crippen LogP contribution >= 0.6 is 11.3 Å². The van der Waals surface area contributed by atoms with Crippen molar-refractivity contribution in [2.24, 2.45) is 0 Å². The molecule has 4 nitrogen and oxygen atoms in total. The first-order valence-electron chi connectivity index (χ1n) is 7.20. The van der Waals surface area contributed by atoms with Crippen LogP contribution in [0.5, 0.6) is 0 Å². The number of hydrogen-bond acceptors (Lipinski definition) is 4. The summed E-state index contributed by atoms with van der Waals surface area (Å²) in [6, 6.07) is 2.08. The summed E-state index contributed by atoms with van der Waals surface area (Å²) in [5.74, 6) is 0.170. The van der Waals surface area contributed by atoms with Gasteiger partial charge >= 0.3 is 0 Å². The molecule has 1 fully saturated rings. The Morgan fingerprint density at radius 2 is 2.30 bits per heavy atom. The summed E-state index contributed by atoms with van der Waals surface area (Å²) in [5.41, 5.74) is 0.690. The van der Waals surface area contributed by atoms with Crippen LogP contribution in [-0.4, -0.2) is 35.6 Å². The lowest BCUT2D eigenvalue weighted by atomic mass is 9.99. The van der Waals surface area contributed by atoms with Gasteiger partial charge in [-0.25, -0.2) is 0 Å². The van der Waals surface area contributed by atoms with Crippen molar-refractivity contribution in [1.29, 1.82) is 0 Å². The van der Waals surface area contributed by atoms with Crippen LogP contribution in [0.25, 0.3) is 0 Å². The number of nitrogens with zero attached hydrogens (tertiary/aromatic N) is 1. The summed E-state index contributed by atoms with van der Waals surface area (Å²) in [6.07, 6.45) is 0.945. The molecule has 0 aromatic carbocycles. The zero-order valence-electron chi connectivity index (χ0n) is 12.7. The Bertz CT molecular complexity index is 447. The van der Waals surface area contributed by atoms with E-state index >= 15 is 0 Å². The molecule has 1 aliphatic heterocycles. The fourth-order valence-corrected chi connectivity index (χ4v) is 3.12. The first kappa shape index (κ1) is 15.5. The summed E-state index contributed by atoms with van der Waals surface area (Å²) in [7, 11) is 0. The van der Waals surface area contributed by atoms with E-state index in [9.17, 15) is 4.79 Å². The maximum absolute atomic E-state index is 12.7. The van der Waals surface area contributed by atoms with Gasteiger partial charge in [-0.2, -0.15) is 11.3 Å². The first-order chi connectivity index (χ1) is 9.48. The summed E-state index contributed by atoms with van der Waals surface area (Å²) in [4.78, 5) is 14.6. The molecule has 0 saturated carbocycles. The van der Waals surface area contributed by atoms with E-state index in [0.29, 0.717) is 13.2 Å². The van der Waals surface area contributed by atoms with Crippen LogP contribution in [0.3, 0.4) is 0 Å². The van der Waals surface area contributed by atoms with Crippen LogP contribution in [-0.2, 0) is 9.53 Å². The van der Waals surface area contributed by atoms with E-state index < -0.39 is 5.54 Å². The third kappa shape index (κ3) is 3.05. The van der Waals surface area contributed by atoms with E-state index in [-0.39, 0.29) is 18.2 Å². The Morgan fingerprint density at radius 1 is 1.55 bits per heavy atom. The van der Waals surface area contributed by atoms with E-state index in [0.717, 1.165) is 12.0 Å². The van der Waals surface area contributed by atoms with Gasteiger partial charge in [-0.3, -0.25) is 10.1 Å². The fraction of sp³-hybridized carbons (Fsp3) is 0.667. The number of carbonyl (C=O) groups excluding carboxylic acids is 1. The maximum Gasteiger partial charge on any atom is 0.244 e. The predicted octanol–water partition coefficient (Wildman–Crippen LogP) is 2.77. The minimum Gasteiger partial charge on any atom is -0.377 e. The number of nitrogens with one attached hydrogen (secondary N) is 1. The molecular weight excluding hydrogens is 272 g/mol. The zero-order chi connectivity index (χ0) is 14.8. The Hall–Kier alpha value is -0.910. The summed E-state index contributed by atoms with van der Waals surface area (Å²) >= 11 is 1.66. The number of carbonyl (C=O) groups is 1. The number of amides is 1. The zero-order valence-corrected chi connectivity index (χ0v) is 13.5. The van der Waals surface area contributed by atoms with Crippen LogP contribution in [0.4, 0.5) is 0 Å². The largest absolute Gasteiger partial charge is 0.377 e. The SMILES string of the molecule is CCC1(C)NC(c2ccsc2)N(CCOC(C)C)C1=O. The van der Waals surface area contributed by atoms with Crippen LogP contribution in [0, 0.1) is 0 Å². The van der Waals surface area contributed by atoms with Gasteiger partial charge in [0.2, 0.25) is 5.91 Å². The minimum absolute atomic E-state index is 0.0329. The van der Waals surface area contributed by atoms with Crippen molar-refractivity contribution < 1.29 is 9.53 Å². The highest BCUT2D eigenvalue weighted by atomic mass is 32.1. The Balaban J connectivity index is 2.13. The van der Waals surface area contributed by atoms with Crippen molar-refractivity contribution in [3.63, 3.8) is 0 Å². The monoisotopic (exact) mass is 296 g/mol. The van der Waals surface area contributed by atoms with Gasteiger partial charge in [0.15, 0.2) is 0 Å². The summed E-state index contributed by atoms with van der Waals surface area (Å²) in [5, 5.41) is 7.63. The highest BCUT2D eigenvalue weighted by Gasteiger charge is 2.47. The minimum atomic E-state index is -0.468. The molecule has 112 valence electrons. The average Bonchev–Trinajstić information content (AvgIpc) is 3.00. The van der Waals surface area contributed by atoms with Gasteiger partial charge in [0.1, 0.15) is 6.17 Å². The number of ether oxygens (including phenoxy) is 1. The molecule has 0 radical (unpaired) electrons. The predicted molar refractivity (Wildman–Crippen MR) is 81.7 cm³/mol. The smallest absolute Gasteiger partial charge is 0.244 e. The Labute approximate surface area is 125 Å². The molecule has 2 heterocycles. The van der Waals surface area contributed by atoms with Gasteiger partial charge in [0, 0.05) is 6.54 Å². The van der Waals surface area contributed by atoms with Crippen molar-refractivity contribution in [3.8, 4) is 0 Å². The third-order valence-corrected chi connectivity index (χ3v) is 4.55. The second-order valence-corrected chi connectivity index (χ2v) is 6.49. The van der Waals surface area contributed by atoms with E-state index in [1.54, 1.807) is 11.3 Å². The van der Waals surface area contributed by atoms with Crippen molar-refractivity contribution in [3.05, 3.63) is 22.4 Å². The highest BCUT2D eigenvalue weighted by Crippen LogP contribution is 2.33. The molecule has 2 unspecified atom stereocenters. The van der Waals surface area contributed by atoms with Gasteiger partial charge < -0.3 is 9.64 Å². The van der Waals surface area contributed by atoms with E-state index in [2.05, 4.69) is 16.8 Å². The van der Waals surface area contributed by atoms with E-state index in [1.165, 1.54) is 0 Å². The van der Waals surface area contributed by atoms with Gasteiger partial charge in [-0.15, -0.1) is 0 Å². The molecule has 1 aromatic rings. The van der Waals surface area contributed by atoms with Gasteiger partial charge in [-0.05, 0) is 49.6 Å². The maximum atomic E-state index is 12.7. The van der Waals surface area contributed by atoms with Crippen molar-refractivity contribution in [1.82, 2.24) is 10.2 Å². The first-order valence-corrected chi connectivity index (χ1v) is 8.14. The normalized spacial score (nSPS) is 26.8. The summed E-state index contributed by atoms with van der Waals surface area (Å²) in [6.45, 7) is 9.25. The average molecular weight is 296 g/mol. The van der Waals surface area contributed by atoms with Gasteiger partial charge in [0.25, 0.3) is 0 Å². The second kappa shape index (κ2) is 6.24. The molecule has 1 N–H and O–H groups in total. The van der Waals surface area contributed by atoms with Crippen molar-refractivity contribution in [2.45, 2.75) is 51.9 Å². The number of rotatable bonds is 6. The molecular formula is C15H24N2O2S. The third-order valence-electron chi connectivity index (χ3n) is 3.85. The van der Waals surface area contributed by atoms with Crippen LogP contribution in [0.2, 0.25) is 0 Å². The molecule has 5 heteroatoms. The molecule has 20 heavy (non-hydrogen) atoms. The molecule has 1 saturated heterocycles. The Morgan fingerprint density at radius 3 is 2.85 bits per heavy atom. The number of thiophene rings is 1. The summed E-state index contributed by atoms with van der Waals surface area (Å²) < 4.78 is 5.60. The highest BCUT2D eigenvalue weighted by molar-refractivity contribution is 7.07. The lowest BCUT2D eigenvalue weighted by molar-refractivity contribution is -0.134. The second-order valence-electron chi connectivity index (χ2n) is 5.71. The number of hydrogen-bond donors (Lipinski definition) is 1. The molecule has 2 rings (SSSR count). The molecule has 1 amide bonds. The molecule has 1 aromatic heterocycles. The lowest BCUT2D eigenvalue weighted by Crippen LogP contribution is -2.43. The molecule has 1 aliphatic rings. The quantitative estimate of drug-likeness (QED) is 0.877. The van der Waals surface area contributed by atoms with Crippen molar-refractivity contribution >= 4 is 17.2 Å². The van der Waals surface area contributed by atoms with Crippen LogP contribution in [0.15, 0.2) is 16.8 Å². The van der Waals surface area contributed by atoms with Crippen molar-refractivity contribution in [2.75, 3.05) is 13.2 Å². The van der Waals surface area contributed by atoms with E-state index in [1.807, 2.05) is 38.0 Å². The Kier molecular flexibility index (Phi) is 4.83. The van der Waals surface area contributed by atoms with E-state index in [4.69, 9.17) is 4.74 Å². The van der Waals surface area contributed by atoms with Gasteiger partial charge in [-0.1, -0.05) is 6.92 Å². The standard InChI is InChI=1S/C15H24N2O2S/c1-5-15(4)14(18)17(7-8-19-11(2)3)13(16-15)12-6-9-20-10-12/h6,9-11,13,16H,5,7-8H2,1-4H3. The molecule has 0 aliphatic carbocycles. The van der Waals surface area contributed by atoms with Crippen LogP contribution in [0.1, 0.15) is 45.8 Å². The lowest BCUT2D eigenvalue weighted by Gasteiger charge is -2.24. The molecule has 2 atom stereocenters. The molecule has 0 spiro atoms. The molecule has 0 bridgehead atoms. The fourth-order valence-electron chi connectivity index (χ4n) is 2.44. The van der Waals surface area contributed by atoms with Gasteiger partial charge in [0.05, 0.1) is 18.2 Å². The topological polar surface area (TPSA) is 41.6 Å².